The molecule has 2 unspecified atom stereocenters. The molecule has 1 aromatic rings. The molecule has 0 spiro atoms. The molecule has 42 heavy (non-hydrogen) atoms. The number of carboxylic acid groups (broad SMARTS) is 1. The van der Waals surface area contributed by atoms with Gasteiger partial charge in [-0.25, -0.2) is 18.4 Å². The molecule has 1 fully saturated rings. The molecule has 1 saturated heterocycles. The molecule has 4 amide bonds. The number of halogens is 3. The van der Waals surface area contributed by atoms with Crippen molar-refractivity contribution in [3.8, 4) is 0 Å². The number of hydrogen-bond acceptors (Lipinski definition) is 10. The Morgan fingerprint density at radius 2 is 1.86 bits per heavy atom. The van der Waals surface area contributed by atoms with Crippen molar-refractivity contribution in [2.45, 2.75) is 50.7 Å². The van der Waals surface area contributed by atoms with E-state index in [1.165, 1.54) is 25.3 Å². The number of aliphatic carboxylic acids is 1. The Morgan fingerprint density at radius 1 is 1.14 bits per heavy atom. The van der Waals surface area contributed by atoms with Gasteiger partial charge in [-0.05, 0) is 19.1 Å². The molecule has 2 atom stereocenters. The van der Waals surface area contributed by atoms with Crippen molar-refractivity contribution in [1.82, 2.24) is 25.8 Å². The first kappa shape index (κ1) is 34.7. The third kappa shape index (κ3) is 12.5. The van der Waals surface area contributed by atoms with Crippen LogP contribution in [0.4, 0.5) is 18.0 Å². The Labute approximate surface area is 246 Å². The minimum atomic E-state index is -2.95. The van der Waals surface area contributed by atoms with E-state index < -0.39 is 66.8 Å². The minimum absolute atomic E-state index is 0.0295. The molecule has 2 heterocycles. The number of carboxylic acids is 1. The van der Waals surface area contributed by atoms with Crippen molar-refractivity contribution in [3.05, 3.63) is 29.6 Å². The van der Waals surface area contributed by atoms with E-state index in [0.717, 1.165) is 26.5 Å². The quantitative estimate of drug-likeness (QED) is 0.117. The number of amides is 4. The predicted molar refractivity (Wildman–Crippen MR) is 145 cm³/mol. The molecule has 2 rings (SSSR count). The molecule has 4 N–H and O–H groups in total. The van der Waals surface area contributed by atoms with Crippen LogP contribution in [0.2, 0.25) is 0 Å². The number of pyridine rings is 1. The third-order valence-corrected chi connectivity index (χ3v) is 8.04. The van der Waals surface area contributed by atoms with Gasteiger partial charge in [0.1, 0.15) is 18.7 Å². The number of carbonyl (C=O) groups excluding carboxylic acids is 5. The monoisotopic (exact) mass is 637 g/mol. The number of aromatic nitrogens is 1. The zero-order valence-electron chi connectivity index (χ0n) is 22.4. The predicted octanol–water partition coefficient (Wildman–Crippen LogP) is 1.52. The largest absolute Gasteiger partial charge is 0.495 e. The van der Waals surface area contributed by atoms with Crippen LogP contribution in [-0.4, -0.2) is 100 Å². The summed E-state index contributed by atoms with van der Waals surface area (Å²) in [6.07, 6.45) is -1.59. The number of nitrogens with one attached hydrogen (secondary N) is 3. The van der Waals surface area contributed by atoms with E-state index in [1.807, 2.05) is 0 Å². The molecule has 232 valence electrons. The summed E-state index contributed by atoms with van der Waals surface area (Å²) in [6.45, 7) is 0.306. The maximum Gasteiger partial charge on any atom is 0.495 e. The molecule has 0 bridgehead atoms. The van der Waals surface area contributed by atoms with Crippen LogP contribution in [0.3, 0.4) is 0 Å². The fraction of sp³-hybridized carbons (Fsp3) is 0.542. The molecule has 0 aromatic carbocycles. The number of hydrogen-bond donors (Lipinski definition) is 4. The summed E-state index contributed by atoms with van der Waals surface area (Å²) in [5.41, 5.74) is 0.416. The van der Waals surface area contributed by atoms with Gasteiger partial charge in [0.2, 0.25) is 17.7 Å². The normalized spacial score (nSPS) is 15.3. The second kappa shape index (κ2) is 16.8. The summed E-state index contributed by atoms with van der Waals surface area (Å²) in [4.78, 5) is 75.8. The molecule has 18 heteroatoms. The standard InChI is InChI=1S/C24H30F3N5O8S2/c1-14(21(36)32-7-5-24(26,27)13-32)30-20(35)15-4-6-28-16(10-15)11-29-18(33)2-3-19(34)31-17(22(37)38)12-42-41-9-8-40-23(25)39/h4,6,10,14,17H,2-3,5,7-9,11-13H2,1H3,(H,29,33)(H,30,35)(H,31,34)(H,37,38). The zero-order valence-corrected chi connectivity index (χ0v) is 24.0. The van der Waals surface area contributed by atoms with Gasteiger partial charge in [0.25, 0.3) is 11.8 Å². The van der Waals surface area contributed by atoms with Crippen LogP contribution in [0.5, 0.6) is 0 Å². The summed E-state index contributed by atoms with van der Waals surface area (Å²) < 4.78 is 42.8. The van der Waals surface area contributed by atoms with Gasteiger partial charge in [-0.3, -0.25) is 24.2 Å². The lowest BCUT2D eigenvalue weighted by atomic mass is 10.2. The maximum absolute atomic E-state index is 13.4. The Balaban J connectivity index is 1.74. The number of carbonyl (C=O) groups is 6. The molecule has 0 aliphatic carbocycles. The number of nitrogens with zero attached hydrogens (tertiary/aromatic N) is 2. The van der Waals surface area contributed by atoms with Crippen LogP contribution in [0.25, 0.3) is 0 Å². The highest BCUT2D eigenvalue weighted by atomic mass is 33.1. The first-order chi connectivity index (χ1) is 19.8. The Morgan fingerprint density at radius 3 is 2.50 bits per heavy atom. The van der Waals surface area contributed by atoms with Gasteiger partial charge in [0.05, 0.1) is 18.8 Å². The van der Waals surface area contributed by atoms with Crippen LogP contribution in [-0.2, 0) is 30.5 Å². The van der Waals surface area contributed by atoms with Gasteiger partial charge >= 0.3 is 12.2 Å². The second-order valence-corrected chi connectivity index (χ2v) is 11.7. The summed E-state index contributed by atoms with van der Waals surface area (Å²) in [5.74, 6) is -6.54. The average Bonchev–Trinajstić information content (AvgIpc) is 3.30. The van der Waals surface area contributed by atoms with Gasteiger partial charge in [0, 0.05) is 49.1 Å². The topological polar surface area (TPSA) is 184 Å². The van der Waals surface area contributed by atoms with Gasteiger partial charge in [-0.2, -0.15) is 0 Å². The zero-order chi connectivity index (χ0) is 31.3. The van der Waals surface area contributed by atoms with Crippen molar-refractivity contribution in [2.75, 3.05) is 31.2 Å². The van der Waals surface area contributed by atoms with E-state index in [2.05, 4.69) is 25.7 Å². The molecular formula is C24H30F3N5O8S2. The van der Waals surface area contributed by atoms with Crippen LogP contribution >= 0.6 is 21.6 Å². The van der Waals surface area contributed by atoms with Crippen molar-refractivity contribution >= 4 is 57.4 Å². The summed E-state index contributed by atoms with van der Waals surface area (Å²) in [6, 6.07) is 0.467. The smallest absolute Gasteiger partial charge is 0.480 e. The summed E-state index contributed by atoms with van der Waals surface area (Å²) in [5, 5.41) is 16.6. The lowest BCUT2D eigenvalue weighted by molar-refractivity contribution is -0.141. The van der Waals surface area contributed by atoms with Crippen molar-refractivity contribution in [1.29, 1.82) is 0 Å². The lowest BCUT2D eigenvalue weighted by Crippen LogP contribution is -2.46. The molecule has 0 saturated carbocycles. The lowest BCUT2D eigenvalue weighted by Gasteiger charge is -2.21. The fourth-order valence-electron chi connectivity index (χ4n) is 3.53. The van der Waals surface area contributed by atoms with E-state index >= 15 is 0 Å². The van der Waals surface area contributed by atoms with Gasteiger partial charge in [-0.1, -0.05) is 21.6 Å². The second-order valence-electron chi connectivity index (χ2n) is 9.02. The Hall–Kier alpha value is -3.54. The van der Waals surface area contributed by atoms with E-state index in [9.17, 15) is 47.0 Å². The third-order valence-electron chi connectivity index (χ3n) is 5.66. The van der Waals surface area contributed by atoms with Crippen LogP contribution in [0.1, 0.15) is 42.2 Å². The van der Waals surface area contributed by atoms with Crippen molar-refractivity contribution < 1.29 is 51.8 Å². The minimum Gasteiger partial charge on any atom is -0.480 e. The van der Waals surface area contributed by atoms with Crippen LogP contribution in [0, 0.1) is 0 Å². The van der Waals surface area contributed by atoms with E-state index in [0.29, 0.717) is 5.69 Å². The SMILES string of the molecule is CC(NC(=O)c1ccnc(CNC(=O)CCC(=O)NC(CSSCCOC(=O)F)C(=O)O)c1)C(=O)N1CCC(F)(F)C1. The number of alkyl halides is 2. The first-order valence-corrected chi connectivity index (χ1v) is 15.0. The summed E-state index contributed by atoms with van der Waals surface area (Å²) >= 11 is 0. The number of likely N-dealkylation sites (tertiary alicyclic amines) is 1. The maximum atomic E-state index is 13.4. The van der Waals surface area contributed by atoms with E-state index in [4.69, 9.17) is 0 Å². The number of ether oxygens (including phenoxy) is 1. The number of rotatable bonds is 16. The highest BCUT2D eigenvalue weighted by molar-refractivity contribution is 8.76. The molecular weight excluding hydrogens is 607 g/mol. The Kier molecular flexibility index (Phi) is 13.9. The van der Waals surface area contributed by atoms with E-state index in [-0.39, 0.29) is 49.6 Å². The molecule has 13 nitrogen and oxygen atoms in total. The molecule has 0 radical (unpaired) electrons. The molecule has 1 aliphatic heterocycles. The van der Waals surface area contributed by atoms with Gasteiger partial charge in [0.15, 0.2) is 0 Å². The first-order valence-electron chi connectivity index (χ1n) is 12.6. The fourth-order valence-corrected chi connectivity index (χ4v) is 5.51. The van der Waals surface area contributed by atoms with Crippen molar-refractivity contribution in [3.63, 3.8) is 0 Å². The highest BCUT2D eigenvalue weighted by Gasteiger charge is 2.41. The molecule has 1 aromatic heterocycles. The van der Waals surface area contributed by atoms with Crippen LogP contribution in [0.15, 0.2) is 18.3 Å². The van der Waals surface area contributed by atoms with Crippen molar-refractivity contribution in [2.24, 2.45) is 0 Å². The average molecular weight is 638 g/mol. The van der Waals surface area contributed by atoms with Gasteiger partial charge < -0.3 is 30.7 Å². The molecule has 1 aliphatic rings. The van der Waals surface area contributed by atoms with Crippen LogP contribution < -0.4 is 16.0 Å². The Bertz CT molecular complexity index is 1160. The summed E-state index contributed by atoms with van der Waals surface area (Å²) in [7, 11) is 2.20. The highest BCUT2D eigenvalue weighted by Crippen LogP contribution is 2.27. The van der Waals surface area contributed by atoms with E-state index in [1.54, 1.807) is 0 Å². The van der Waals surface area contributed by atoms with Gasteiger partial charge in [-0.15, -0.1) is 4.39 Å².